The minimum absolute atomic E-state index is 0.0883. The molecular formula is C13H15Cl2NO4S. The first kappa shape index (κ1) is 16.5. The van der Waals surface area contributed by atoms with Gasteiger partial charge in [0.05, 0.1) is 15.6 Å². The number of carboxylic acids is 1. The fourth-order valence-corrected chi connectivity index (χ4v) is 4.88. The molecule has 1 saturated heterocycles. The molecule has 1 aliphatic heterocycles. The third kappa shape index (κ3) is 2.90. The van der Waals surface area contributed by atoms with Crippen molar-refractivity contribution < 1.29 is 18.3 Å². The van der Waals surface area contributed by atoms with Gasteiger partial charge in [-0.2, -0.15) is 4.31 Å². The molecule has 0 bridgehead atoms. The normalized spacial score (nSPS) is 23.4. The van der Waals surface area contributed by atoms with Crippen molar-refractivity contribution in [2.24, 2.45) is 11.8 Å². The first-order valence-electron chi connectivity index (χ1n) is 6.37. The van der Waals surface area contributed by atoms with Gasteiger partial charge >= 0.3 is 5.97 Å². The molecule has 2 unspecified atom stereocenters. The number of rotatable bonds is 3. The summed E-state index contributed by atoms with van der Waals surface area (Å²) in [6.07, 6.45) is 0. The molecule has 116 valence electrons. The van der Waals surface area contributed by atoms with Crippen LogP contribution in [0.4, 0.5) is 0 Å². The average Bonchev–Trinajstić information content (AvgIpc) is 2.69. The van der Waals surface area contributed by atoms with Gasteiger partial charge in [-0.05, 0) is 24.0 Å². The number of halogens is 2. The molecule has 0 spiro atoms. The fraction of sp³-hybridized carbons (Fsp3) is 0.462. The van der Waals surface area contributed by atoms with Crippen LogP contribution in [0.1, 0.15) is 24.2 Å². The smallest absolute Gasteiger partial charge is 0.338 e. The second-order valence-electron chi connectivity index (χ2n) is 5.32. The summed E-state index contributed by atoms with van der Waals surface area (Å²) < 4.78 is 26.6. The lowest BCUT2D eigenvalue weighted by Gasteiger charge is -2.18. The zero-order valence-electron chi connectivity index (χ0n) is 11.5. The summed E-state index contributed by atoms with van der Waals surface area (Å²) in [6, 6.07) is 2.49. The lowest BCUT2D eigenvalue weighted by molar-refractivity contribution is 0.0697. The SMILES string of the molecule is CC1CN(S(=O)(=O)c2ccc(Cl)c(C(=O)O)c2Cl)CC1C. The Labute approximate surface area is 133 Å². The molecule has 21 heavy (non-hydrogen) atoms. The second-order valence-corrected chi connectivity index (χ2v) is 8.01. The Kier molecular flexibility index (Phi) is 4.54. The number of benzene rings is 1. The quantitative estimate of drug-likeness (QED) is 0.908. The molecule has 0 radical (unpaired) electrons. The van der Waals surface area contributed by atoms with E-state index in [0.29, 0.717) is 13.1 Å². The molecule has 1 N–H and O–H groups in total. The molecular weight excluding hydrogens is 337 g/mol. The van der Waals surface area contributed by atoms with Gasteiger partial charge < -0.3 is 5.11 Å². The summed E-state index contributed by atoms with van der Waals surface area (Å²) in [5, 5.41) is 8.68. The van der Waals surface area contributed by atoms with E-state index in [1.54, 1.807) is 0 Å². The van der Waals surface area contributed by atoms with E-state index in [2.05, 4.69) is 0 Å². The van der Waals surface area contributed by atoms with Crippen LogP contribution in [0, 0.1) is 11.8 Å². The summed E-state index contributed by atoms with van der Waals surface area (Å²) in [6.45, 7) is 4.74. The van der Waals surface area contributed by atoms with Gasteiger partial charge in [0.2, 0.25) is 10.0 Å². The standard InChI is InChI=1S/C13H15Cl2NO4S/c1-7-5-16(6-8(7)2)21(19,20)10-4-3-9(14)11(12(10)15)13(17)18/h3-4,7-8H,5-6H2,1-2H3,(H,17,18). The third-order valence-corrected chi connectivity index (χ3v) is 6.54. The van der Waals surface area contributed by atoms with Gasteiger partial charge in [-0.15, -0.1) is 0 Å². The zero-order chi connectivity index (χ0) is 15.9. The number of hydrogen-bond donors (Lipinski definition) is 1. The Morgan fingerprint density at radius 1 is 1.24 bits per heavy atom. The Balaban J connectivity index is 2.52. The largest absolute Gasteiger partial charge is 0.478 e. The number of nitrogens with zero attached hydrogens (tertiary/aromatic N) is 1. The first-order valence-corrected chi connectivity index (χ1v) is 8.57. The van der Waals surface area contributed by atoms with Crippen molar-refractivity contribution in [3.63, 3.8) is 0 Å². The molecule has 5 nitrogen and oxygen atoms in total. The summed E-state index contributed by atoms with van der Waals surface area (Å²) in [7, 11) is -3.83. The highest BCUT2D eigenvalue weighted by molar-refractivity contribution is 7.89. The average molecular weight is 352 g/mol. The van der Waals surface area contributed by atoms with Crippen LogP contribution >= 0.6 is 23.2 Å². The summed E-state index contributed by atoms with van der Waals surface area (Å²) in [5.41, 5.74) is -0.389. The van der Waals surface area contributed by atoms with Crippen LogP contribution < -0.4 is 0 Å². The van der Waals surface area contributed by atoms with Crippen LogP contribution in [-0.2, 0) is 10.0 Å². The summed E-state index contributed by atoms with van der Waals surface area (Å²) in [4.78, 5) is 11.0. The van der Waals surface area contributed by atoms with Crippen LogP contribution in [0.5, 0.6) is 0 Å². The van der Waals surface area contributed by atoms with Crippen molar-refractivity contribution in [1.29, 1.82) is 0 Å². The predicted molar refractivity (Wildman–Crippen MR) is 80.5 cm³/mol. The highest BCUT2D eigenvalue weighted by atomic mass is 35.5. The second kappa shape index (κ2) is 5.76. The van der Waals surface area contributed by atoms with Gasteiger partial charge in [0.25, 0.3) is 0 Å². The Morgan fingerprint density at radius 2 is 1.76 bits per heavy atom. The van der Waals surface area contributed by atoms with Gasteiger partial charge in [0, 0.05) is 13.1 Å². The molecule has 2 atom stereocenters. The van der Waals surface area contributed by atoms with Gasteiger partial charge in [0.1, 0.15) is 4.90 Å². The van der Waals surface area contributed by atoms with Crippen molar-refractivity contribution in [2.75, 3.05) is 13.1 Å². The number of carbonyl (C=O) groups is 1. The molecule has 1 aromatic carbocycles. The van der Waals surface area contributed by atoms with Crippen LogP contribution in [0.2, 0.25) is 10.0 Å². The molecule has 0 aromatic heterocycles. The number of sulfonamides is 1. The third-order valence-electron chi connectivity index (χ3n) is 3.84. The molecule has 0 saturated carbocycles. The molecule has 0 amide bonds. The number of carboxylic acid groups (broad SMARTS) is 1. The van der Waals surface area contributed by atoms with Gasteiger partial charge in [-0.3, -0.25) is 0 Å². The maximum atomic E-state index is 12.6. The van der Waals surface area contributed by atoms with E-state index < -0.39 is 16.0 Å². The minimum atomic E-state index is -3.83. The van der Waals surface area contributed by atoms with E-state index >= 15 is 0 Å². The molecule has 1 heterocycles. The Morgan fingerprint density at radius 3 is 2.24 bits per heavy atom. The Hall–Kier alpha value is -0.820. The first-order chi connectivity index (χ1) is 9.66. The fourth-order valence-electron chi connectivity index (χ4n) is 2.34. The van der Waals surface area contributed by atoms with Gasteiger partial charge in [0.15, 0.2) is 0 Å². The van der Waals surface area contributed by atoms with E-state index in [0.717, 1.165) is 0 Å². The topological polar surface area (TPSA) is 74.7 Å². The highest BCUT2D eigenvalue weighted by Gasteiger charge is 2.37. The van der Waals surface area contributed by atoms with Crippen molar-refractivity contribution >= 4 is 39.2 Å². The van der Waals surface area contributed by atoms with Crippen LogP contribution in [0.15, 0.2) is 17.0 Å². The maximum Gasteiger partial charge on any atom is 0.338 e. The summed E-state index contributed by atoms with van der Waals surface area (Å²) >= 11 is 11.8. The summed E-state index contributed by atoms with van der Waals surface area (Å²) in [5.74, 6) is -0.875. The lowest BCUT2D eigenvalue weighted by Crippen LogP contribution is -2.29. The molecule has 1 aliphatic rings. The molecule has 1 aromatic rings. The van der Waals surface area contributed by atoms with Crippen molar-refractivity contribution in [2.45, 2.75) is 18.7 Å². The van der Waals surface area contributed by atoms with E-state index in [1.807, 2.05) is 13.8 Å². The molecule has 0 aliphatic carbocycles. The highest BCUT2D eigenvalue weighted by Crippen LogP contribution is 2.35. The molecule has 8 heteroatoms. The number of hydrogen-bond acceptors (Lipinski definition) is 3. The monoisotopic (exact) mass is 351 g/mol. The van der Waals surface area contributed by atoms with E-state index in [9.17, 15) is 13.2 Å². The van der Waals surface area contributed by atoms with E-state index in [-0.39, 0.29) is 32.3 Å². The lowest BCUT2D eigenvalue weighted by atomic mass is 10.0. The Bertz CT molecular complexity index is 680. The van der Waals surface area contributed by atoms with Crippen LogP contribution in [0.25, 0.3) is 0 Å². The predicted octanol–water partition coefficient (Wildman–Crippen LogP) is 2.97. The van der Waals surface area contributed by atoms with Crippen molar-refractivity contribution in [1.82, 2.24) is 4.31 Å². The van der Waals surface area contributed by atoms with Crippen molar-refractivity contribution in [3.8, 4) is 0 Å². The van der Waals surface area contributed by atoms with Crippen molar-refractivity contribution in [3.05, 3.63) is 27.7 Å². The molecule has 1 fully saturated rings. The van der Waals surface area contributed by atoms with Crippen LogP contribution in [0.3, 0.4) is 0 Å². The zero-order valence-corrected chi connectivity index (χ0v) is 13.8. The van der Waals surface area contributed by atoms with E-state index in [1.165, 1.54) is 16.4 Å². The maximum absolute atomic E-state index is 12.6. The van der Waals surface area contributed by atoms with Gasteiger partial charge in [-0.25, -0.2) is 13.2 Å². The van der Waals surface area contributed by atoms with E-state index in [4.69, 9.17) is 28.3 Å². The number of aromatic carboxylic acids is 1. The minimum Gasteiger partial charge on any atom is -0.478 e. The van der Waals surface area contributed by atoms with Gasteiger partial charge in [-0.1, -0.05) is 37.0 Å². The molecule has 2 rings (SSSR count). The van der Waals surface area contributed by atoms with Crippen LogP contribution in [-0.4, -0.2) is 36.9 Å².